The number of nitrogens with two attached hydrogens (primary N) is 1. The summed E-state index contributed by atoms with van der Waals surface area (Å²) in [6, 6.07) is 9.68. The van der Waals surface area contributed by atoms with Crippen LogP contribution in [0.25, 0.3) is 0 Å². The van der Waals surface area contributed by atoms with Gasteiger partial charge in [-0.15, -0.1) is 0 Å². The predicted octanol–water partition coefficient (Wildman–Crippen LogP) is 4.98. The lowest BCUT2D eigenvalue weighted by Gasteiger charge is -2.15. The third kappa shape index (κ3) is 3.81. The van der Waals surface area contributed by atoms with Crippen LogP contribution < -0.4 is 5.73 Å². The van der Waals surface area contributed by atoms with Crippen LogP contribution in [0.15, 0.2) is 36.4 Å². The Morgan fingerprint density at radius 1 is 1.11 bits per heavy atom. The Labute approximate surface area is 135 Å². The van der Waals surface area contributed by atoms with Crippen molar-refractivity contribution in [2.75, 3.05) is 0 Å². The van der Waals surface area contributed by atoms with E-state index in [9.17, 15) is 4.39 Å². The molecular weight excluding hydrogens is 399 g/mol. The molecule has 0 bridgehead atoms. The van der Waals surface area contributed by atoms with Gasteiger partial charge in [0.25, 0.3) is 0 Å². The summed E-state index contributed by atoms with van der Waals surface area (Å²) in [4.78, 5) is 0. The van der Waals surface area contributed by atoms with E-state index in [-0.39, 0.29) is 11.9 Å². The Morgan fingerprint density at radius 2 is 1.74 bits per heavy atom. The van der Waals surface area contributed by atoms with E-state index in [1.165, 1.54) is 12.1 Å². The van der Waals surface area contributed by atoms with Gasteiger partial charge < -0.3 is 5.73 Å². The molecule has 2 rings (SSSR count). The Balaban J connectivity index is 2.27. The van der Waals surface area contributed by atoms with Gasteiger partial charge in [-0.25, -0.2) is 4.39 Å². The molecular formula is C14H11Cl2FIN. The van der Waals surface area contributed by atoms with Crippen LogP contribution in [0.2, 0.25) is 10.0 Å². The molecule has 19 heavy (non-hydrogen) atoms. The zero-order chi connectivity index (χ0) is 14.0. The average molecular weight is 410 g/mol. The van der Waals surface area contributed by atoms with E-state index < -0.39 is 0 Å². The van der Waals surface area contributed by atoms with Crippen molar-refractivity contribution in [2.24, 2.45) is 5.73 Å². The van der Waals surface area contributed by atoms with Crippen molar-refractivity contribution in [3.63, 3.8) is 0 Å². The number of hydrogen-bond donors (Lipinski definition) is 1. The highest BCUT2D eigenvalue weighted by molar-refractivity contribution is 14.1. The molecule has 0 amide bonds. The smallest absolute Gasteiger partial charge is 0.126 e. The summed E-state index contributed by atoms with van der Waals surface area (Å²) >= 11 is 14.0. The van der Waals surface area contributed by atoms with Crippen molar-refractivity contribution in [2.45, 2.75) is 12.5 Å². The first-order valence-corrected chi connectivity index (χ1v) is 7.45. The zero-order valence-corrected chi connectivity index (χ0v) is 13.5. The van der Waals surface area contributed by atoms with Crippen molar-refractivity contribution in [1.29, 1.82) is 0 Å². The molecule has 0 fully saturated rings. The maximum atomic E-state index is 13.7. The molecule has 0 heterocycles. The van der Waals surface area contributed by atoms with E-state index in [2.05, 4.69) is 22.6 Å². The first-order chi connectivity index (χ1) is 8.97. The first-order valence-electron chi connectivity index (χ1n) is 5.62. The molecule has 0 radical (unpaired) electrons. The minimum absolute atomic E-state index is 0.295. The van der Waals surface area contributed by atoms with E-state index in [1.807, 2.05) is 12.1 Å². The summed E-state index contributed by atoms with van der Waals surface area (Å²) in [6.45, 7) is 0. The zero-order valence-electron chi connectivity index (χ0n) is 9.84. The Kier molecular flexibility index (Phi) is 5.06. The predicted molar refractivity (Wildman–Crippen MR) is 86.2 cm³/mol. The molecule has 1 unspecified atom stereocenters. The molecule has 2 aromatic carbocycles. The van der Waals surface area contributed by atoms with E-state index in [4.69, 9.17) is 28.9 Å². The van der Waals surface area contributed by atoms with E-state index >= 15 is 0 Å². The Hall–Kier alpha value is -0.360. The lowest BCUT2D eigenvalue weighted by Crippen LogP contribution is -2.15. The van der Waals surface area contributed by atoms with Gasteiger partial charge in [0.1, 0.15) is 5.82 Å². The SMILES string of the molecule is NC(Cc1cc(Cl)ccc1F)c1cc(Cl)ccc1I. The van der Waals surface area contributed by atoms with Gasteiger partial charge in [-0.2, -0.15) is 0 Å². The van der Waals surface area contributed by atoms with Crippen LogP contribution in [0, 0.1) is 9.39 Å². The third-order valence-electron chi connectivity index (χ3n) is 2.81. The van der Waals surface area contributed by atoms with Crippen LogP contribution in [0.4, 0.5) is 4.39 Å². The standard InChI is InChI=1S/C14H11Cl2FIN/c15-9-1-3-12(17)8(5-9)6-14(19)11-7-10(16)2-4-13(11)18/h1-5,7,14H,6,19H2. The van der Waals surface area contributed by atoms with Crippen LogP contribution in [-0.4, -0.2) is 0 Å². The number of rotatable bonds is 3. The van der Waals surface area contributed by atoms with E-state index in [0.29, 0.717) is 22.0 Å². The molecule has 0 aliphatic heterocycles. The van der Waals surface area contributed by atoms with Crippen molar-refractivity contribution < 1.29 is 4.39 Å². The summed E-state index contributed by atoms with van der Waals surface area (Å²) in [5, 5.41) is 1.13. The molecule has 0 aliphatic carbocycles. The highest BCUT2D eigenvalue weighted by Gasteiger charge is 2.14. The van der Waals surface area contributed by atoms with Crippen LogP contribution >= 0.6 is 45.8 Å². The molecule has 2 aromatic rings. The molecule has 2 N–H and O–H groups in total. The van der Waals surface area contributed by atoms with Crippen LogP contribution in [0.1, 0.15) is 17.2 Å². The molecule has 0 saturated heterocycles. The third-order valence-corrected chi connectivity index (χ3v) is 4.26. The summed E-state index contributed by atoms with van der Waals surface area (Å²) < 4.78 is 14.7. The van der Waals surface area contributed by atoms with Gasteiger partial charge in [-0.05, 0) is 76.5 Å². The minimum Gasteiger partial charge on any atom is -0.324 e. The Morgan fingerprint density at radius 3 is 2.47 bits per heavy atom. The van der Waals surface area contributed by atoms with Gasteiger partial charge in [0.2, 0.25) is 0 Å². The molecule has 0 saturated carbocycles. The summed E-state index contributed by atoms with van der Waals surface area (Å²) in [6.07, 6.45) is 0.378. The quantitative estimate of drug-likeness (QED) is 0.711. The summed E-state index contributed by atoms with van der Waals surface area (Å²) in [5.41, 5.74) is 7.56. The maximum Gasteiger partial charge on any atom is 0.126 e. The molecule has 0 spiro atoms. The van der Waals surface area contributed by atoms with E-state index in [1.54, 1.807) is 12.1 Å². The van der Waals surface area contributed by atoms with Crippen molar-refractivity contribution in [3.8, 4) is 0 Å². The number of hydrogen-bond acceptors (Lipinski definition) is 1. The van der Waals surface area contributed by atoms with Crippen LogP contribution in [0.5, 0.6) is 0 Å². The van der Waals surface area contributed by atoms with Gasteiger partial charge in [0, 0.05) is 19.7 Å². The molecule has 0 aliphatic rings. The fraction of sp³-hybridized carbons (Fsp3) is 0.143. The molecule has 5 heteroatoms. The minimum atomic E-state index is -0.321. The fourth-order valence-electron chi connectivity index (χ4n) is 1.85. The number of halogens is 4. The van der Waals surface area contributed by atoms with Gasteiger partial charge in [0.05, 0.1) is 0 Å². The molecule has 100 valence electrons. The topological polar surface area (TPSA) is 26.0 Å². The summed E-state index contributed by atoms with van der Waals surface area (Å²) in [7, 11) is 0. The molecule has 0 aromatic heterocycles. The van der Waals surface area contributed by atoms with Crippen LogP contribution in [-0.2, 0) is 6.42 Å². The first kappa shape index (κ1) is 15.0. The van der Waals surface area contributed by atoms with Gasteiger partial charge in [-0.1, -0.05) is 23.2 Å². The van der Waals surface area contributed by atoms with Gasteiger partial charge in [0.15, 0.2) is 0 Å². The summed E-state index contributed by atoms with van der Waals surface area (Å²) in [5.74, 6) is -0.295. The normalized spacial score (nSPS) is 12.5. The van der Waals surface area contributed by atoms with E-state index in [0.717, 1.165) is 9.13 Å². The second kappa shape index (κ2) is 6.39. The second-order valence-electron chi connectivity index (χ2n) is 4.21. The van der Waals surface area contributed by atoms with Crippen molar-refractivity contribution >= 4 is 45.8 Å². The number of benzene rings is 2. The average Bonchev–Trinajstić information content (AvgIpc) is 2.36. The highest BCUT2D eigenvalue weighted by atomic mass is 127. The van der Waals surface area contributed by atoms with Crippen molar-refractivity contribution in [1.82, 2.24) is 0 Å². The van der Waals surface area contributed by atoms with Gasteiger partial charge >= 0.3 is 0 Å². The molecule has 1 nitrogen and oxygen atoms in total. The Bertz CT molecular complexity index is 604. The second-order valence-corrected chi connectivity index (χ2v) is 6.25. The monoisotopic (exact) mass is 409 g/mol. The maximum absolute atomic E-state index is 13.7. The van der Waals surface area contributed by atoms with Gasteiger partial charge in [-0.3, -0.25) is 0 Å². The highest BCUT2D eigenvalue weighted by Crippen LogP contribution is 2.26. The largest absolute Gasteiger partial charge is 0.324 e. The fourth-order valence-corrected chi connectivity index (χ4v) is 2.96. The lowest BCUT2D eigenvalue weighted by molar-refractivity contribution is 0.593. The van der Waals surface area contributed by atoms with Crippen molar-refractivity contribution in [3.05, 3.63) is 67.0 Å². The molecule has 1 atom stereocenters. The lowest BCUT2D eigenvalue weighted by atomic mass is 9.99. The van der Waals surface area contributed by atoms with Crippen LogP contribution in [0.3, 0.4) is 0 Å².